The summed E-state index contributed by atoms with van der Waals surface area (Å²) in [4.78, 5) is 31.2. The Morgan fingerprint density at radius 1 is 1.20 bits per heavy atom. The van der Waals surface area contributed by atoms with Gasteiger partial charge >= 0.3 is 11.9 Å². The van der Waals surface area contributed by atoms with Gasteiger partial charge in [-0.15, -0.1) is 0 Å². The van der Waals surface area contributed by atoms with Gasteiger partial charge in [0.15, 0.2) is 5.69 Å². The molecule has 8 heteroatoms. The molecule has 8 nitrogen and oxygen atoms in total. The van der Waals surface area contributed by atoms with Crippen LogP contribution in [0, 0.1) is 0 Å². The Morgan fingerprint density at radius 2 is 1.93 bits per heavy atom. The van der Waals surface area contributed by atoms with Gasteiger partial charge in [0.1, 0.15) is 11.4 Å². The zero-order valence-corrected chi connectivity index (χ0v) is 18.6. The molecule has 0 N–H and O–H groups in total. The van der Waals surface area contributed by atoms with E-state index >= 15 is 0 Å². The highest BCUT2D eigenvalue weighted by Crippen LogP contribution is 2.28. The number of rotatable bonds is 5. The third kappa shape index (κ3) is 4.63. The Hall–Kier alpha value is -2.90. The molecule has 0 saturated carbocycles. The number of aromatic nitrogens is 3. The maximum absolute atomic E-state index is 12.4. The van der Waals surface area contributed by atoms with Gasteiger partial charge in [0.2, 0.25) is 0 Å². The fraction of sp³-hybridized carbons (Fsp3) is 0.545. The van der Waals surface area contributed by atoms with Crippen molar-refractivity contribution in [3.8, 4) is 0 Å². The molecule has 0 bridgehead atoms. The lowest BCUT2D eigenvalue weighted by Crippen LogP contribution is -2.32. The van der Waals surface area contributed by atoms with Crippen LogP contribution in [0.15, 0.2) is 18.3 Å². The van der Waals surface area contributed by atoms with Crippen molar-refractivity contribution >= 4 is 17.8 Å². The maximum Gasteiger partial charge on any atom is 0.359 e. The Bertz CT molecular complexity index is 926. The molecule has 3 rings (SSSR count). The van der Waals surface area contributed by atoms with Crippen LogP contribution in [-0.4, -0.2) is 45.5 Å². The number of hydrogen-bond donors (Lipinski definition) is 0. The predicted octanol–water partition coefficient (Wildman–Crippen LogP) is 3.55. The molecule has 0 atom stereocenters. The van der Waals surface area contributed by atoms with Crippen molar-refractivity contribution in [2.75, 3.05) is 18.1 Å². The van der Waals surface area contributed by atoms with Crippen LogP contribution in [-0.2, 0) is 22.4 Å². The summed E-state index contributed by atoms with van der Waals surface area (Å²) in [6.45, 7) is 12.9. The predicted molar refractivity (Wildman–Crippen MR) is 113 cm³/mol. The number of pyridine rings is 1. The first-order chi connectivity index (χ1) is 14.1. The van der Waals surface area contributed by atoms with E-state index < -0.39 is 17.5 Å². The van der Waals surface area contributed by atoms with Gasteiger partial charge in [-0.05, 0) is 53.7 Å². The number of carbonyl (C=O) groups excluding carboxylic acids is 2. The summed E-state index contributed by atoms with van der Waals surface area (Å²) in [5.74, 6) is -0.0615. The first kappa shape index (κ1) is 21.8. The van der Waals surface area contributed by atoms with Crippen LogP contribution in [0.2, 0.25) is 0 Å². The van der Waals surface area contributed by atoms with Crippen molar-refractivity contribution in [1.82, 2.24) is 14.8 Å². The standard InChI is InChI=1S/C22H30N4O4/c1-7-29-21(28)19-16-13-25(11-10-17(16)26(24-19)14(2)3)18-9-8-15(12-23-18)20(27)30-22(4,5)6/h8-9,12,14H,7,10-11,13H2,1-6H3. The summed E-state index contributed by atoms with van der Waals surface area (Å²) >= 11 is 0. The van der Waals surface area contributed by atoms with Crippen LogP contribution in [0.4, 0.5) is 5.82 Å². The average Bonchev–Trinajstić information content (AvgIpc) is 3.06. The molecule has 0 unspecified atom stereocenters. The highest BCUT2D eigenvalue weighted by atomic mass is 16.6. The summed E-state index contributed by atoms with van der Waals surface area (Å²) < 4.78 is 12.5. The Balaban J connectivity index is 1.84. The average molecular weight is 415 g/mol. The van der Waals surface area contributed by atoms with Gasteiger partial charge in [0.25, 0.3) is 0 Å². The molecule has 2 aromatic heterocycles. The molecular weight excluding hydrogens is 384 g/mol. The third-order valence-electron chi connectivity index (χ3n) is 4.75. The SMILES string of the molecule is CCOC(=O)c1nn(C(C)C)c2c1CN(c1ccc(C(=O)OC(C)(C)C)cn1)CC2. The zero-order valence-electron chi connectivity index (χ0n) is 18.6. The van der Waals surface area contributed by atoms with Crippen molar-refractivity contribution in [3.05, 3.63) is 40.8 Å². The second-order valence-electron chi connectivity index (χ2n) is 8.61. The zero-order chi connectivity index (χ0) is 22.1. The van der Waals surface area contributed by atoms with E-state index in [0.717, 1.165) is 30.0 Å². The lowest BCUT2D eigenvalue weighted by atomic mass is 10.0. The molecule has 1 aliphatic heterocycles. The molecule has 2 aromatic rings. The number of carbonyl (C=O) groups is 2. The highest BCUT2D eigenvalue weighted by molar-refractivity contribution is 5.90. The van der Waals surface area contributed by atoms with E-state index in [1.807, 2.05) is 39.3 Å². The van der Waals surface area contributed by atoms with Crippen molar-refractivity contribution < 1.29 is 19.1 Å². The van der Waals surface area contributed by atoms with Gasteiger partial charge in [-0.1, -0.05) is 0 Å². The van der Waals surface area contributed by atoms with Gasteiger partial charge in [0.05, 0.1) is 12.2 Å². The lowest BCUT2D eigenvalue weighted by molar-refractivity contribution is 0.00688. The van der Waals surface area contributed by atoms with Crippen molar-refractivity contribution in [2.24, 2.45) is 0 Å². The molecule has 0 spiro atoms. The van der Waals surface area contributed by atoms with Crippen molar-refractivity contribution in [1.29, 1.82) is 0 Å². The van der Waals surface area contributed by atoms with Gasteiger partial charge in [-0.25, -0.2) is 14.6 Å². The number of hydrogen-bond acceptors (Lipinski definition) is 7. The number of esters is 2. The molecule has 162 valence electrons. The van der Waals surface area contributed by atoms with Gasteiger partial charge in [0, 0.05) is 43.0 Å². The summed E-state index contributed by atoms with van der Waals surface area (Å²) in [7, 11) is 0. The van der Waals surface area contributed by atoms with E-state index in [4.69, 9.17) is 9.47 Å². The van der Waals surface area contributed by atoms with Crippen molar-refractivity contribution in [3.63, 3.8) is 0 Å². The fourth-order valence-corrected chi connectivity index (χ4v) is 3.46. The normalized spacial score (nSPS) is 13.9. The molecule has 30 heavy (non-hydrogen) atoms. The molecule has 0 fully saturated rings. The second-order valence-corrected chi connectivity index (χ2v) is 8.61. The topological polar surface area (TPSA) is 86.6 Å². The summed E-state index contributed by atoms with van der Waals surface area (Å²) in [6.07, 6.45) is 2.28. The van der Waals surface area contributed by atoms with E-state index in [1.54, 1.807) is 19.1 Å². The first-order valence-electron chi connectivity index (χ1n) is 10.3. The maximum atomic E-state index is 12.4. The third-order valence-corrected chi connectivity index (χ3v) is 4.75. The minimum absolute atomic E-state index is 0.153. The van der Waals surface area contributed by atoms with Crippen LogP contribution >= 0.6 is 0 Å². The molecule has 0 aromatic carbocycles. The second kappa shape index (κ2) is 8.45. The van der Waals surface area contributed by atoms with E-state index in [-0.39, 0.29) is 6.04 Å². The Morgan fingerprint density at radius 3 is 2.50 bits per heavy atom. The van der Waals surface area contributed by atoms with Crippen LogP contribution in [0.25, 0.3) is 0 Å². The Labute approximate surface area is 177 Å². The van der Waals surface area contributed by atoms with E-state index in [1.165, 1.54) is 6.20 Å². The largest absolute Gasteiger partial charge is 0.461 e. The minimum Gasteiger partial charge on any atom is -0.461 e. The smallest absolute Gasteiger partial charge is 0.359 e. The number of fused-ring (bicyclic) bond motifs is 1. The molecule has 1 aliphatic rings. The fourth-order valence-electron chi connectivity index (χ4n) is 3.46. The summed E-state index contributed by atoms with van der Waals surface area (Å²) in [5, 5.41) is 4.54. The summed E-state index contributed by atoms with van der Waals surface area (Å²) in [6, 6.07) is 3.68. The van der Waals surface area contributed by atoms with Gasteiger partial charge in [-0.3, -0.25) is 4.68 Å². The van der Waals surface area contributed by atoms with Gasteiger partial charge < -0.3 is 14.4 Å². The minimum atomic E-state index is -0.556. The van der Waals surface area contributed by atoms with Gasteiger partial charge in [-0.2, -0.15) is 5.10 Å². The first-order valence-corrected chi connectivity index (χ1v) is 10.3. The monoisotopic (exact) mass is 414 g/mol. The van der Waals surface area contributed by atoms with Crippen LogP contribution < -0.4 is 4.90 Å². The quantitative estimate of drug-likeness (QED) is 0.692. The van der Waals surface area contributed by atoms with Crippen LogP contribution in [0.5, 0.6) is 0 Å². The highest BCUT2D eigenvalue weighted by Gasteiger charge is 2.30. The molecule has 3 heterocycles. The molecule has 0 amide bonds. The molecule has 0 saturated heterocycles. The summed E-state index contributed by atoms with van der Waals surface area (Å²) in [5.41, 5.74) is 2.17. The molecule has 0 aliphatic carbocycles. The van der Waals surface area contributed by atoms with Crippen LogP contribution in [0.3, 0.4) is 0 Å². The van der Waals surface area contributed by atoms with E-state index in [2.05, 4.69) is 15.0 Å². The van der Waals surface area contributed by atoms with Crippen LogP contribution in [0.1, 0.15) is 79.7 Å². The lowest BCUT2D eigenvalue weighted by Gasteiger charge is -2.29. The van der Waals surface area contributed by atoms with E-state index in [9.17, 15) is 9.59 Å². The molecule has 0 radical (unpaired) electrons. The number of nitrogens with zero attached hydrogens (tertiary/aromatic N) is 4. The molecular formula is C22H30N4O4. The number of anilines is 1. The van der Waals surface area contributed by atoms with Crippen molar-refractivity contribution in [2.45, 2.75) is 66.2 Å². The Kier molecular flexibility index (Phi) is 6.14. The van der Waals surface area contributed by atoms with E-state index in [0.29, 0.717) is 24.4 Å². The number of ether oxygens (including phenoxy) is 2.